The molecule has 0 atom stereocenters. The Kier molecular flexibility index (Phi) is 5.35. The zero-order chi connectivity index (χ0) is 22.2. The Hall–Kier alpha value is -2.96. The highest BCUT2D eigenvalue weighted by Gasteiger charge is 2.48. The SMILES string of the molecule is O=C(N1CCc2ccccc21)C1(c2ccccc2)CCN(S(=O)(=O)c2ccccc2)CC1. The molecular formula is C26H26N2O3S. The molecule has 0 radical (unpaired) electrons. The van der Waals surface area contributed by atoms with E-state index in [2.05, 4.69) is 6.07 Å². The predicted octanol–water partition coefficient (Wildman–Crippen LogP) is 4.00. The Labute approximate surface area is 189 Å². The first-order chi connectivity index (χ1) is 15.5. The summed E-state index contributed by atoms with van der Waals surface area (Å²) in [4.78, 5) is 16.3. The maximum atomic E-state index is 14.1. The minimum atomic E-state index is -3.58. The van der Waals surface area contributed by atoms with Crippen LogP contribution in [0.3, 0.4) is 0 Å². The van der Waals surface area contributed by atoms with Gasteiger partial charge in [0.2, 0.25) is 15.9 Å². The number of rotatable bonds is 4. The molecule has 5 nitrogen and oxygen atoms in total. The maximum absolute atomic E-state index is 14.1. The number of hydrogen-bond donors (Lipinski definition) is 0. The van der Waals surface area contributed by atoms with E-state index in [0.29, 0.717) is 37.4 Å². The van der Waals surface area contributed by atoms with Crippen LogP contribution in [0, 0.1) is 0 Å². The van der Waals surface area contributed by atoms with Gasteiger partial charge in [-0.3, -0.25) is 4.79 Å². The summed E-state index contributed by atoms with van der Waals surface area (Å²) in [5.41, 5.74) is 2.40. The van der Waals surface area contributed by atoms with Crippen LogP contribution in [0.15, 0.2) is 89.8 Å². The second kappa shape index (κ2) is 8.19. The number of fused-ring (bicyclic) bond motifs is 1. The summed E-state index contributed by atoms with van der Waals surface area (Å²) >= 11 is 0. The van der Waals surface area contributed by atoms with Gasteiger partial charge in [0.15, 0.2) is 0 Å². The van der Waals surface area contributed by atoms with Crippen LogP contribution in [0.4, 0.5) is 5.69 Å². The van der Waals surface area contributed by atoms with Crippen molar-refractivity contribution in [2.24, 2.45) is 0 Å². The summed E-state index contributed by atoms with van der Waals surface area (Å²) in [6.07, 6.45) is 1.77. The van der Waals surface area contributed by atoms with Gasteiger partial charge < -0.3 is 4.90 Å². The Morgan fingerprint density at radius 1 is 0.750 bits per heavy atom. The summed E-state index contributed by atoms with van der Waals surface area (Å²) < 4.78 is 27.8. The van der Waals surface area contributed by atoms with Crippen LogP contribution < -0.4 is 4.90 Å². The molecule has 0 spiro atoms. The molecule has 1 saturated heterocycles. The van der Waals surface area contributed by atoms with E-state index in [-0.39, 0.29) is 5.91 Å². The number of carbonyl (C=O) groups is 1. The van der Waals surface area contributed by atoms with E-state index in [1.165, 1.54) is 9.87 Å². The highest BCUT2D eigenvalue weighted by molar-refractivity contribution is 7.89. The summed E-state index contributed by atoms with van der Waals surface area (Å²) in [6, 6.07) is 26.4. The smallest absolute Gasteiger partial charge is 0.243 e. The molecule has 0 bridgehead atoms. The van der Waals surface area contributed by atoms with Crippen molar-refractivity contribution in [1.82, 2.24) is 4.31 Å². The molecule has 1 amide bonds. The first kappa shape index (κ1) is 20.9. The second-order valence-electron chi connectivity index (χ2n) is 8.50. The number of hydrogen-bond acceptors (Lipinski definition) is 3. The van der Waals surface area contributed by atoms with Crippen LogP contribution in [0.25, 0.3) is 0 Å². The van der Waals surface area contributed by atoms with E-state index in [4.69, 9.17) is 0 Å². The van der Waals surface area contributed by atoms with Crippen molar-refractivity contribution < 1.29 is 13.2 Å². The fraction of sp³-hybridized carbons (Fsp3) is 0.269. The van der Waals surface area contributed by atoms with Crippen molar-refractivity contribution in [2.45, 2.75) is 29.6 Å². The quantitative estimate of drug-likeness (QED) is 0.609. The monoisotopic (exact) mass is 446 g/mol. The Morgan fingerprint density at radius 2 is 1.34 bits per heavy atom. The van der Waals surface area contributed by atoms with Crippen molar-refractivity contribution in [3.05, 3.63) is 96.1 Å². The highest BCUT2D eigenvalue weighted by Crippen LogP contribution is 2.41. The van der Waals surface area contributed by atoms with Crippen LogP contribution in [-0.2, 0) is 26.7 Å². The molecule has 0 saturated carbocycles. The van der Waals surface area contributed by atoms with E-state index in [0.717, 1.165) is 17.7 Å². The predicted molar refractivity (Wildman–Crippen MR) is 125 cm³/mol. The fourth-order valence-electron chi connectivity index (χ4n) is 5.04. The molecule has 0 aromatic heterocycles. The minimum Gasteiger partial charge on any atom is -0.311 e. The Morgan fingerprint density at radius 3 is 2.03 bits per heavy atom. The topological polar surface area (TPSA) is 57.7 Å². The fourth-order valence-corrected chi connectivity index (χ4v) is 6.50. The number of nitrogens with zero attached hydrogens (tertiary/aromatic N) is 2. The van der Waals surface area contributed by atoms with Crippen molar-refractivity contribution in [3.63, 3.8) is 0 Å². The van der Waals surface area contributed by atoms with E-state index < -0.39 is 15.4 Å². The number of piperidine rings is 1. The van der Waals surface area contributed by atoms with E-state index in [9.17, 15) is 13.2 Å². The number of anilines is 1. The van der Waals surface area contributed by atoms with Gasteiger partial charge in [0.1, 0.15) is 0 Å². The second-order valence-corrected chi connectivity index (χ2v) is 10.4. The molecule has 164 valence electrons. The first-order valence-corrected chi connectivity index (χ1v) is 12.5. The summed E-state index contributed by atoms with van der Waals surface area (Å²) in [5.74, 6) is 0.0745. The average Bonchev–Trinajstić information content (AvgIpc) is 3.29. The molecule has 32 heavy (non-hydrogen) atoms. The Balaban J connectivity index is 1.47. The number of carbonyl (C=O) groups excluding carboxylic acids is 1. The van der Waals surface area contributed by atoms with Crippen LogP contribution in [0.2, 0.25) is 0 Å². The van der Waals surface area contributed by atoms with Gasteiger partial charge in [-0.25, -0.2) is 8.42 Å². The van der Waals surface area contributed by atoms with Gasteiger partial charge in [0.05, 0.1) is 10.3 Å². The lowest BCUT2D eigenvalue weighted by Gasteiger charge is -2.42. The number of amides is 1. The van der Waals surface area contributed by atoms with Gasteiger partial charge in [0.25, 0.3) is 0 Å². The van der Waals surface area contributed by atoms with Gasteiger partial charge in [-0.2, -0.15) is 4.31 Å². The molecule has 1 fully saturated rings. The molecule has 0 unspecified atom stereocenters. The van der Waals surface area contributed by atoms with Crippen molar-refractivity contribution in [1.29, 1.82) is 0 Å². The molecule has 6 heteroatoms. The third kappa shape index (κ3) is 3.44. The van der Waals surface area contributed by atoms with E-state index >= 15 is 0 Å². The third-order valence-corrected chi connectivity index (χ3v) is 8.74. The lowest BCUT2D eigenvalue weighted by Crippen LogP contribution is -2.53. The van der Waals surface area contributed by atoms with Crippen LogP contribution >= 0.6 is 0 Å². The maximum Gasteiger partial charge on any atom is 0.243 e. The molecule has 5 rings (SSSR count). The molecule has 2 aliphatic heterocycles. The number of benzene rings is 3. The average molecular weight is 447 g/mol. The van der Waals surface area contributed by atoms with Crippen LogP contribution in [-0.4, -0.2) is 38.3 Å². The normalized spacial score (nSPS) is 18.3. The highest BCUT2D eigenvalue weighted by atomic mass is 32.2. The molecule has 0 N–H and O–H groups in total. The molecule has 0 aliphatic carbocycles. The number of para-hydroxylation sites is 1. The Bertz CT molecular complexity index is 1220. The first-order valence-electron chi connectivity index (χ1n) is 11.0. The molecule has 2 aliphatic rings. The largest absolute Gasteiger partial charge is 0.311 e. The van der Waals surface area contributed by atoms with Gasteiger partial charge in [-0.15, -0.1) is 0 Å². The molecule has 2 heterocycles. The zero-order valence-electron chi connectivity index (χ0n) is 17.9. The van der Waals surface area contributed by atoms with Gasteiger partial charge >= 0.3 is 0 Å². The van der Waals surface area contributed by atoms with Crippen molar-refractivity contribution in [2.75, 3.05) is 24.5 Å². The zero-order valence-corrected chi connectivity index (χ0v) is 18.7. The van der Waals surface area contributed by atoms with Crippen molar-refractivity contribution in [3.8, 4) is 0 Å². The molecule has 3 aromatic carbocycles. The summed E-state index contributed by atoms with van der Waals surface area (Å²) in [5, 5.41) is 0. The van der Waals surface area contributed by atoms with Gasteiger partial charge in [-0.1, -0.05) is 66.7 Å². The summed E-state index contributed by atoms with van der Waals surface area (Å²) in [7, 11) is -3.58. The summed E-state index contributed by atoms with van der Waals surface area (Å²) in [6.45, 7) is 1.29. The van der Waals surface area contributed by atoms with Gasteiger partial charge in [0, 0.05) is 25.3 Å². The number of sulfonamides is 1. The molecule has 3 aromatic rings. The standard InChI is InChI=1S/C26H26N2O3S/c29-25(28-18-15-21-9-7-8-14-24(21)28)26(22-10-3-1-4-11-22)16-19-27(20-17-26)32(30,31)23-12-5-2-6-13-23/h1-14H,15-20H2. The van der Waals surface area contributed by atoms with Crippen LogP contribution in [0.5, 0.6) is 0 Å². The van der Waals surface area contributed by atoms with E-state index in [1.54, 1.807) is 24.3 Å². The van der Waals surface area contributed by atoms with E-state index in [1.807, 2.05) is 59.5 Å². The lowest BCUT2D eigenvalue weighted by molar-refractivity contribution is -0.125. The van der Waals surface area contributed by atoms with Gasteiger partial charge in [-0.05, 0) is 48.6 Å². The minimum absolute atomic E-state index is 0.0745. The lowest BCUT2D eigenvalue weighted by atomic mass is 9.72. The third-order valence-electron chi connectivity index (χ3n) is 6.83. The van der Waals surface area contributed by atoms with Crippen molar-refractivity contribution >= 4 is 21.6 Å². The molecular weight excluding hydrogens is 420 g/mol. The van der Waals surface area contributed by atoms with Crippen LogP contribution in [0.1, 0.15) is 24.0 Å².